The highest BCUT2D eigenvalue weighted by molar-refractivity contribution is 5.89. The van der Waals surface area contributed by atoms with Gasteiger partial charge in [0.1, 0.15) is 23.1 Å². The number of nitrogens with zero attached hydrogens (tertiary/aromatic N) is 1. The molecule has 5 unspecified atom stereocenters. The quantitative estimate of drug-likeness (QED) is 0.379. The number of ether oxygens (including phenoxy) is 7. The van der Waals surface area contributed by atoms with E-state index in [1.807, 2.05) is 0 Å². The molecule has 1 aromatic carbocycles. The molecule has 46 heavy (non-hydrogen) atoms. The summed E-state index contributed by atoms with van der Waals surface area (Å²) in [6.45, 7) is 5.80. The number of rotatable bonds is 10. The van der Waals surface area contributed by atoms with E-state index in [2.05, 4.69) is 11.8 Å². The molecule has 1 spiro atoms. The first-order valence-electron chi connectivity index (χ1n) is 16.6. The van der Waals surface area contributed by atoms with Crippen LogP contribution in [-0.2, 0) is 33.2 Å². The standard InChI is InChI=1S/C35H49NO10/c1-8-36-17-32(18-40-3)14-13-23(42-5)35-22-15-33(39)24(43-6)16-34(46-19(2)37,26(29(35)36)27(44-7)28(32)35)25(22)30(33)45-31(38)20-9-11-21(41-4)12-10-20/h9-12,22-30,39H,8,13-18H2,1-7H3/t22?,23-,24-,25?,26?,27-,28?,29?,30+,32-,33-,34+,35-/m0/s1. The van der Waals surface area contributed by atoms with Crippen LogP contribution in [0.15, 0.2) is 24.3 Å². The van der Waals surface area contributed by atoms with E-state index in [1.54, 1.807) is 59.8 Å². The molecular formula is C35H49NO10. The predicted octanol–water partition coefficient (Wildman–Crippen LogP) is 2.72. The Kier molecular flexibility index (Phi) is 7.81. The minimum atomic E-state index is -1.51. The van der Waals surface area contributed by atoms with Gasteiger partial charge in [0, 0.05) is 83.0 Å². The van der Waals surface area contributed by atoms with E-state index < -0.39 is 46.7 Å². The van der Waals surface area contributed by atoms with E-state index in [9.17, 15) is 14.7 Å². The Morgan fingerprint density at radius 1 is 0.978 bits per heavy atom. The summed E-state index contributed by atoms with van der Waals surface area (Å²) in [6.07, 6.45) is 0.142. The maximum Gasteiger partial charge on any atom is 0.338 e. The summed E-state index contributed by atoms with van der Waals surface area (Å²) in [5, 5.41) is 12.8. The fourth-order valence-corrected chi connectivity index (χ4v) is 12.4. The average molecular weight is 644 g/mol. The summed E-state index contributed by atoms with van der Waals surface area (Å²) in [4.78, 5) is 29.7. The molecule has 1 heterocycles. The minimum absolute atomic E-state index is 0.00534. The zero-order chi connectivity index (χ0) is 32.8. The van der Waals surface area contributed by atoms with Gasteiger partial charge in [-0.25, -0.2) is 4.79 Å². The van der Waals surface area contributed by atoms with Gasteiger partial charge in [0.2, 0.25) is 0 Å². The van der Waals surface area contributed by atoms with E-state index in [1.165, 1.54) is 6.92 Å². The molecule has 1 aromatic rings. The number of hydrogen-bond donors (Lipinski definition) is 1. The Morgan fingerprint density at radius 2 is 1.70 bits per heavy atom. The zero-order valence-electron chi connectivity index (χ0n) is 28.0. The van der Waals surface area contributed by atoms with Crippen molar-refractivity contribution >= 4 is 11.9 Å². The summed E-state index contributed by atoms with van der Waals surface area (Å²) in [7, 11) is 8.44. The molecule has 0 amide bonds. The molecule has 5 saturated carbocycles. The van der Waals surface area contributed by atoms with Crippen LogP contribution < -0.4 is 4.74 Å². The maximum atomic E-state index is 13.9. The van der Waals surface area contributed by atoms with Crippen molar-refractivity contribution in [1.29, 1.82) is 0 Å². The molecule has 1 N–H and O–H groups in total. The summed E-state index contributed by atoms with van der Waals surface area (Å²) in [5.74, 6) is -1.38. The zero-order valence-corrected chi connectivity index (χ0v) is 28.0. The van der Waals surface area contributed by atoms with Crippen LogP contribution in [0.25, 0.3) is 0 Å². The SMILES string of the molecule is CCN1C[C@]2(COC)CC[C@H](OC)[C@]34C5C[C@]6(O)[C@@H](OC)C[C@](OC(C)=O)(C(C13)[C@H](OC)C24)C5[C@H]6OC(=O)c1ccc(OC)cc1. The Balaban J connectivity index is 1.46. The third-order valence-corrected chi connectivity index (χ3v) is 13.3. The number of methoxy groups -OCH3 is 5. The van der Waals surface area contributed by atoms with Gasteiger partial charge >= 0.3 is 11.9 Å². The molecule has 0 radical (unpaired) electrons. The molecule has 7 rings (SSSR count). The molecule has 5 aliphatic carbocycles. The van der Waals surface area contributed by atoms with Gasteiger partial charge < -0.3 is 38.3 Å². The second-order valence-electron chi connectivity index (χ2n) is 14.6. The van der Waals surface area contributed by atoms with Crippen LogP contribution in [0.1, 0.15) is 49.9 Å². The molecule has 6 aliphatic rings. The van der Waals surface area contributed by atoms with Gasteiger partial charge in [-0.15, -0.1) is 0 Å². The number of esters is 2. The molecule has 1 saturated heterocycles. The van der Waals surface area contributed by atoms with E-state index in [4.69, 9.17) is 33.2 Å². The molecule has 254 valence electrons. The highest BCUT2D eigenvalue weighted by atomic mass is 16.6. The number of benzene rings is 1. The normalized spacial score (nSPS) is 46.6. The number of aliphatic hydroxyl groups is 1. The first kappa shape index (κ1) is 32.3. The highest BCUT2D eigenvalue weighted by Gasteiger charge is 2.89. The highest BCUT2D eigenvalue weighted by Crippen LogP contribution is 2.80. The Bertz CT molecular complexity index is 1360. The van der Waals surface area contributed by atoms with Crippen molar-refractivity contribution in [3.05, 3.63) is 29.8 Å². The van der Waals surface area contributed by atoms with Crippen LogP contribution >= 0.6 is 0 Å². The third-order valence-electron chi connectivity index (χ3n) is 13.3. The first-order valence-corrected chi connectivity index (χ1v) is 16.6. The fraction of sp³-hybridized carbons (Fsp3) is 0.771. The van der Waals surface area contributed by atoms with E-state index >= 15 is 0 Å². The number of carbonyl (C=O) groups is 2. The molecule has 11 heteroatoms. The monoisotopic (exact) mass is 643 g/mol. The van der Waals surface area contributed by atoms with Crippen LogP contribution in [0.4, 0.5) is 0 Å². The smallest absolute Gasteiger partial charge is 0.338 e. The van der Waals surface area contributed by atoms with Crippen LogP contribution in [-0.4, -0.2) is 119 Å². The summed E-state index contributed by atoms with van der Waals surface area (Å²) >= 11 is 0. The first-order chi connectivity index (χ1) is 22.1. The van der Waals surface area contributed by atoms with Crippen molar-refractivity contribution in [2.24, 2.45) is 34.5 Å². The van der Waals surface area contributed by atoms with Crippen molar-refractivity contribution in [3.8, 4) is 5.75 Å². The minimum Gasteiger partial charge on any atom is -0.497 e. The van der Waals surface area contributed by atoms with Crippen molar-refractivity contribution in [1.82, 2.24) is 4.90 Å². The number of piperidine rings is 1. The Hall–Kier alpha value is -2.28. The number of fused-ring (bicyclic) bond motifs is 2. The molecule has 7 bridgehead atoms. The van der Waals surface area contributed by atoms with E-state index in [0.29, 0.717) is 24.3 Å². The van der Waals surface area contributed by atoms with E-state index in [-0.39, 0.29) is 47.8 Å². The molecule has 6 fully saturated rings. The van der Waals surface area contributed by atoms with Crippen LogP contribution in [0.5, 0.6) is 5.75 Å². The van der Waals surface area contributed by atoms with Gasteiger partial charge in [-0.1, -0.05) is 6.92 Å². The number of carbonyl (C=O) groups excluding carboxylic acids is 2. The summed E-state index contributed by atoms with van der Waals surface area (Å²) in [6, 6.07) is 6.66. The lowest BCUT2D eigenvalue weighted by Crippen LogP contribution is -2.77. The maximum absolute atomic E-state index is 13.9. The van der Waals surface area contributed by atoms with Gasteiger partial charge in [0.25, 0.3) is 0 Å². The van der Waals surface area contributed by atoms with Gasteiger partial charge in [0.15, 0.2) is 0 Å². The summed E-state index contributed by atoms with van der Waals surface area (Å²) < 4.78 is 43.6. The molecule has 13 atom stereocenters. The van der Waals surface area contributed by atoms with Gasteiger partial charge in [0.05, 0.1) is 37.6 Å². The second kappa shape index (κ2) is 11.1. The van der Waals surface area contributed by atoms with Gasteiger partial charge in [-0.2, -0.15) is 0 Å². The van der Waals surface area contributed by atoms with Crippen LogP contribution in [0.2, 0.25) is 0 Å². The van der Waals surface area contributed by atoms with E-state index in [0.717, 1.165) is 25.9 Å². The topological polar surface area (TPSA) is 122 Å². The number of likely N-dealkylation sites (tertiary alicyclic amines) is 1. The lowest BCUT2D eigenvalue weighted by atomic mass is 9.43. The Morgan fingerprint density at radius 3 is 2.28 bits per heavy atom. The Labute approximate surface area is 271 Å². The van der Waals surface area contributed by atoms with Crippen LogP contribution in [0.3, 0.4) is 0 Å². The summed E-state index contributed by atoms with van der Waals surface area (Å²) in [5.41, 5.74) is -3.03. The second-order valence-corrected chi connectivity index (χ2v) is 14.6. The lowest BCUT2D eigenvalue weighted by molar-refractivity contribution is -0.287. The average Bonchev–Trinajstić information content (AvgIpc) is 3.42. The predicted molar refractivity (Wildman–Crippen MR) is 164 cm³/mol. The van der Waals surface area contributed by atoms with Crippen molar-refractivity contribution in [2.75, 3.05) is 55.2 Å². The van der Waals surface area contributed by atoms with Crippen molar-refractivity contribution in [2.45, 2.75) is 81.2 Å². The van der Waals surface area contributed by atoms with Gasteiger partial charge in [-0.05, 0) is 56.0 Å². The molecular weight excluding hydrogens is 594 g/mol. The molecule has 11 nitrogen and oxygen atoms in total. The third kappa shape index (κ3) is 3.87. The van der Waals surface area contributed by atoms with Crippen molar-refractivity contribution in [3.63, 3.8) is 0 Å². The molecule has 0 aromatic heterocycles. The van der Waals surface area contributed by atoms with Gasteiger partial charge in [-0.3, -0.25) is 9.69 Å². The lowest BCUT2D eigenvalue weighted by Gasteiger charge is -2.69. The molecule has 1 aliphatic heterocycles. The van der Waals surface area contributed by atoms with Crippen molar-refractivity contribution < 1.29 is 47.9 Å². The number of hydrogen-bond acceptors (Lipinski definition) is 11. The largest absolute Gasteiger partial charge is 0.497 e. The van der Waals surface area contributed by atoms with Crippen LogP contribution in [0, 0.1) is 34.5 Å². The fourth-order valence-electron chi connectivity index (χ4n) is 12.4.